The Hall–Kier alpha value is -1.95. The van der Waals surface area contributed by atoms with Crippen LogP contribution in [0.15, 0.2) is 29.8 Å². The number of anilines is 2. The second-order valence-corrected chi connectivity index (χ2v) is 4.88. The lowest BCUT2D eigenvalue weighted by Gasteiger charge is -2.03. The SMILES string of the molecule is CC(C)c1csc(NC(=O)Nc2ccccn2)n1. The molecule has 0 spiro atoms. The second kappa shape index (κ2) is 5.59. The van der Waals surface area contributed by atoms with Crippen LogP contribution in [0.25, 0.3) is 0 Å². The predicted molar refractivity (Wildman–Crippen MR) is 73.1 cm³/mol. The molecule has 2 aromatic heterocycles. The minimum atomic E-state index is -0.335. The number of hydrogen-bond acceptors (Lipinski definition) is 4. The number of carbonyl (C=O) groups excluding carboxylic acids is 1. The van der Waals surface area contributed by atoms with Crippen LogP contribution in [0.3, 0.4) is 0 Å². The number of urea groups is 1. The molecular formula is C12H14N4OS. The van der Waals surface area contributed by atoms with Gasteiger partial charge in [-0.2, -0.15) is 0 Å². The molecule has 2 rings (SSSR count). The van der Waals surface area contributed by atoms with Crippen LogP contribution in [0, 0.1) is 0 Å². The van der Waals surface area contributed by atoms with Gasteiger partial charge in [-0.3, -0.25) is 10.6 Å². The summed E-state index contributed by atoms with van der Waals surface area (Å²) in [5.41, 5.74) is 0.980. The Morgan fingerprint density at radius 3 is 2.78 bits per heavy atom. The normalized spacial score (nSPS) is 10.4. The van der Waals surface area contributed by atoms with Crippen LogP contribution in [-0.4, -0.2) is 16.0 Å². The number of pyridine rings is 1. The van der Waals surface area contributed by atoms with E-state index in [9.17, 15) is 4.79 Å². The Balaban J connectivity index is 1.95. The maximum Gasteiger partial charge on any atom is 0.326 e. The van der Waals surface area contributed by atoms with Gasteiger partial charge >= 0.3 is 6.03 Å². The van der Waals surface area contributed by atoms with Crippen molar-refractivity contribution in [3.63, 3.8) is 0 Å². The van der Waals surface area contributed by atoms with Crippen LogP contribution in [0.4, 0.5) is 15.7 Å². The van der Waals surface area contributed by atoms with E-state index in [1.807, 2.05) is 11.4 Å². The number of thiazole rings is 1. The van der Waals surface area contributed by atoms with E-state index in [4.69, 9.17) is 0 Å². The fourth-order valence-corrected chi connectivity index (χ4v) is 2.16. The van der Waals surface area contributed by atoms with Gasteiger partial charge in [-0.1, -0.05) is 19.9 Å². The van der Waals surface area contributed by atoms with Crippen molar-refractivity contribution in [2.45, 2.75) is 19.8 Å². The molecule has 0 aliphatic carbocycles. The van der Waals surface area contributed by atoms with Crippen molar-refractivity contribution in [3.8, 4) is 0 Å². The van der Waals surface area contributed by atoms with Gasteiger partial charge in [0.15, 0.2) is 5.13 Å². The molecule has 0 aromatic carbocycles. The van der Waals surface area contributed by atoms with Crippen molar-refractivity contribution in [1.29, 1.82) is 0 Å². The molecule has 0 aliphatic heterocycles. The molecule has 94 valence electrons. The van der Waals surface area contributed by atoms with Crippen molar-refractivity contribution in [2.24, 2.45) is 0 Å². The molecular weight excluding hydrogens is 248 g/mol. The molecule has 0 atom stereocenters. The fraction of sp³-hybridized carbons (Fsp3) is 0.250. The van der Waals surface area contributed by atoms with E-state index in [-0.39, 0.29) is 6.03 Å². The minimum absolute atomic E-state index is 0.335. The third-order valence-corrected chi connectivity index (χ3v) is 3.02. The first-order valence-electron chi connectivity index (χ1n) is 5.59. The molecule has 0 saturated carbocycles. The average molecular weight is 262 g/mol. The minimum Gasteiger partial charge on any atom is -0.292 e. The van der Waals surface area contributed by atoms with Crippen LogP contribution < -0.4 is 10.6 Å². The highest BCUT2D eigenvalue weighted by Gasteiger charge is 2.08. The van der Waals surface area contributed by atoms with E-state index in [1.165, 1.54) is 11.3 Å². The molecule has 5 nitrogen and oxygen atoms in total. The maximum absolute atomic E-state index is 11.7. The summed E-state index contributed by atoms with van der Waals surface area (Å²) < 4.78 is 0. The number of nitrogens with one attached hydrogen (secondary N) is 2. The number of rotatable bonds is 3. The summed E-state index contributed by atoms with van der Waals surface area (Å²) in [6.45, 7) is 4.12. The lowest BCUT2D eigenvalue weighted by Crippen LogP contribution is -2.19. The van der Waals surface area contributed by atoms with Gasteiger partial charge in [0, 0.05) is 11.6 Å². The van der Waals surface area contributed by atoms with Crippen LogP contribution in [0.1, 0.15) is 25.5 Å². The second-order valence-electron chi connectivity index (χ2n) is 4.03. The third-order valence-electron chi connectivity index (χ3n) is 2.24. The molecule has 0 unspecified atom stereocenters. The van der Waals surface area contributed by atoms with Crippen molar-refractivity contribution in [1.82, 2.24) is 9.97 Å². The van der Waals surface area contributed by atoms with Crippen molar-refractivity contribution in [2.75, 3.05) is 10.6 Å². The first-order valence-corrected chi connectivity index (χ1v) is 6.47. The Morgan fingerprint density at radius 1 is 1.33 bits per heavy atom. The largest absolute Gasteiger partial charge is 0.326 e. The lowest BCUT2D eigenvalue weighted by atomic mass is 10.2. The first-order chi connectivity index (χ1) is 8.65. The van der Waals surface area contributed by atoms with E-state index in [0.717, 1.165) is 5.69 Å². The topological polar surface area (TPSA) is 66.9 Å². The molecule has 0 bridgehead atoms. The predicted octanol–water partition coefficient (Wildman–Crippen LogP) is 3.31. The quantitative estimate of drug-likeness (QED) is 0.891. The molecule has 0 fully saturated rings. The molecule has 0 aliphatic rings. The van der Waals surface area contributed by atoms with Crippen LogP contribution >= 0.6 is 11.3 Å². The summed E-state index contributed by atoms with van der Waals surface area (Å²) in [6, 6.07) is 4.99. The maximum atomic E-state index is 11.7. The Kier molecular flexibility index (Phi) is 3.88. The lowest BCUT2D eigenvalue weighted by molar-refractivity contribution is 0.262. The van der Waals surface area contributed by atoms with Gasteiger partial charge in [0.1, 0.15) is 5.82 Å². The monoisotopic (exact) mass is 262 g/mol. The molecule has 0 radical (unpaired) electrons. The highest BCUT2D eigenvalue weighted by Crippen LogP contribution is 2.21. The van der Waals surface area contributed by atoms with Gasteiger partial charge < -0.3 is 0 Å². The van der Waals surface area contributed by atoms with Gasteiger partial charge in [-0.15, -0.1) is 11.3 Å². The summed E-state index contributed by atoms with van der Waals surface area (Å²) in [6.07, 6.45) is 1.62. The van der Waals surface area contributed by atoms with Gasteiger partial charge in [-0.25, -0.2) is 14.8 Å². The fourth-order valence-electron chi connectivity index (χ4n) is 1.29. The molecule has 0 saturated heterocycles. The number of nitrogens with zero attached hydrogens (tertiary/aromatic N) is 2. The number of aromatic nitrogens is 2. The molecule has 18 heavy (non-hydrogen) atoms. The molecule has 2 aromatic rings. The van der Waals surface area contributed by atoms with Crippen LogP contribution in [0.2, 0.25) is 0 Å². The summed E-state index contributed by atoms with van der Waals surface area (Å²) in [4.78, 5) is 20.0. The van der Waals surface area contributed by atoms with E-state index in [2.05, 4.69) is 34.4 Å². The van der Waals surface area contributed by atoms with E-state index < -0.39 is 0 Å². The van der Waals surface area contributed by atoms with Gasteiger partial charge in [0.05, 0.1) is 5.69 Å². The van der Waals surface area contributed by atoms with Gasteiger partial charge in [0.25, 0.3) is 0 Å². The van der Waals surface area contributed by atoms with E-state index in [1.54, 1.807) is 18.3 Å². The summed E-state index contributed by atoms with van der Waals surface area (Å²) in [7, 11) is 0. The highest BCUT2D eigenvalue weighted by molar-refractivity contribution is 7.13. The van der Waals surface area contributed by atoms with Crippen molar-refractivity contribution < 1.29 is 4.79 Å². The van der Waals surface area contributed by atoms with Crippen molar-refractivity contribution in [3.05, 3.63) is 35.5 Å². The Morgan fingerprint density at radius 2 is 2.17 bits per heavy atom. The average Bonchev–Trinajstić information content (AvgIpc) is 2.78. The molecule has 2 heterocycles. The van der Waals surface area contributed by atoms with Crippen LogP contribution in [0.5, 0.6) is 0 Å². The number of amides is 2. The summed E-state index contributed by atoms with van der Waals surface area (Å²) >= 11 is 1.41. The van der Waals surface area contributed by atoms with Crippen molar-refractivity contribution >= 4 is 28.3 Å². The smallest absolute Gasteiger partial charge is 0.292 e. The first kappa shape index (κ1) is 12.5. The summed E-state index contributed by atoms with van der Waals surface area (Å²) in [5, 5.41) is 7.85. The molecule has 2 N–H and O–H groups in total. The van der Waals surface area contributed by atoms with Gasteiger partial charge in [0.2, 0.25) is 0 Å². The van der Waals surface area contributed by atoms with E-state index in [0.29, 0.717) is 16.9 Å². The number of carbonyl (C=O) groups is 1. The molecule has 2 amide bonds. The number of hydrogen-bond donors (Lipinski definition) is 2. The van der Waals surface area contributed by atoms with Crippen LogP contribution in [-0.2, 0) is 0 Å². The Bertz CT molecular complexity index is 524. The zero-order valence-corrected chi connectivity index (χ0v) is 11.0. The van der Waals surface area contributed by atoms with E-state index >= 15 is 0 Å². The third kappa shape index (κ3) is 3.27. The zero-order chi connectivity index (χ0) is 13.0. The van der Waals surface area contributed by atoms with Gasteiger partial charge in [-0.05, 0) is 18.1 Å². The zero-order valence-electron chi connectivity index (χ0n) is 10.2. The highest BCUT2D eigenvalue weighted by atomic mass is 32.1. The standard InChI is InChI=1S/C12H14N4OS/c1-8(2)9-7-18-12(14-9)16-11(17)15-10-5-3-4-6-13-10/h3-8H,1-2H3,(H2,13,14,15,16,17). The summed E-state index contributed by atoms with van der Waals surface area (Å²) in [5.74, 6) is 0.867. The Labute approximate surface area is 109 Å². The molecule has 6 heteroatoms.